The number of hydrogen-bond acceptors (Lipinski definition) is 3. The van der Waals surface area contributed by atoms with Gasteiger partial charge in [0, 0.05) is 24.8 Å². The lowest BCUT2D eigenvalue weighted by Gasteiger charge is -2.22. The predicted molar refractivity (Wildman–Crippen MR) is 68.5 cm³/mol. The van der Waals surface area contributed by atoms with E-state index in [4.69, 9.17) is 4.42 Å². The molecule has 4 heteroatoms. The van der Waals surface area contributed by atoms with Gasteiger partial charge in [0.1, 0.15) is 5.76 Å². The first-order valence-electron chi connectivity index (χ1n) is 5.40. The van der Waals surface area contributed by atoms with E-state index < -0.39 is 0 Å². The highest BCUT2D eigenvalue weighted by molar-refractivity contribution is 9.10. The van der Waals surface area contributed by atoms with Gasteiger partial charge < -0.3 is 9.73 Å². The summed E-state index contributed by atoms with van der Waals surface area (Å²) in [5, 5.41) is 3.58. The Hall–Kier alpha value is 0.0700. The smallest absolute Gasteiger partial charge is 0.169 e. The summed E-state index contributed by atoms with van der Waals surface area (Å²) in [6, 6.07) is 4.69. The molecular formula is C11H16BrNOS. The van der Waals surface area contributed by atoms with E-state index in [0.717, 1.165) is 23.4 Å². The van der Waals surface area contributed by atoms with Crippen LogP contribution in [0.15, 0.2) is 21.2 Å². The van der Waals surface area contributed by atoms with Crippen LogP contribution in [0.25, 0.3) is 0 Å². The third-order valence-corrected chi connectivity index (χ3v) is 4.24. The zero-order valence-corrected chi connectivity index (χ0v) is 11.1. The maximum Gasteiger partial charge on any atom is 0.169 e. The molecule has 2 rings (SSSR count). The molecule has 2 heterocycles. The van der Waals surface area contributed by atoms with Crippen molar-refractivity contribution < 1.29 is 4.42 Å². The number of hydrogen-bond donors (Lipinski definition) is 1. The molecule has 0 radical (unpaired) electrons. The van der Waals surface area contributed by atoms with Crippen molar-refractivity contribution in [2.45, 2.75) is 25.3 Å². The van der Waals surface area contributed by atoms with Crippen molar-refractivity contribution in [2.75, 3.05) is 18.1 Å². The third-order valence-electron chi connectivity index (χ3n) is 2.59. The standard InChI is InChI=1S/C11H16BrNOS/c12-11-4-3-10(14-11)5-6-13-9-2-1-7-15-8-9/h3-4,9,13H,1-2,5-8H2. The lowest BCUT2D eigenvalue weighted by Crippen LogP contribution is -2.35. The third kappa shape index (κ3) is 3.85. The van der Waals surface area contributed by atoms with Gasteiger partial charge in [-0.2, -0.15) is 11.8 Å². The van der Waals surface area contributed by atoms with Crippen molar-refractivity contribution in [1.82, 2.24) is 5.32 Å². The van der Waals surface area contributed by atoms with Gasteiger partial charge in [0.05, 0.1) is 0 Å². The van der Waals surface area contributed by atoms with Gasteiger partial charge in [-0.05, 0) is 46.7 Å². The topological polar surface area (TPSA) is 25.2 Å². The van der Waals surface area contributed by atoms with Crippen LogP contribution in [0.2, 0.25) is 0 Å². The number of thioether (sulfide) groups is 1. The van der Waals surface area contributed by atoms with Crippen molar-refractivity contribution >= 4 is 27.7 Å². The van der Waals surface area contributed by atoms with Crippen LogP contribution < -0.4 is 5.32 Å². The summed E-state index contributed by atoms with van der Waals surface area (Å²) in [6.07, 6.45) is 3.66. The lowest BCUT2D eigenvalue weighted by molar-refractivity contribution is 0.458. The first-order chi connectivity index (χ1) is 7.34. The molecule has 1 atom stereocenters. The van der Waals surface area contributed by atoms with Crippen molar-refractivity contribution in [3.05, 3.63) is 22.6 Å². The summed E-state index contributed by atoms with van der Waals surface area (Å²) in [4.78, 5) is 0. The van der Waals surface area contributed by atoms with Gasteiger partial charge in [-0.25, -0.2) is 0 Å². The van der Waals surface area contributed by atoms with Gasteiger partial charge in [-0.15, -0.1) is 0 Å². The van der Waals surface area contributed by atoms with E-state index >= 15 is 0 Å². The van der Waals surface area contributed by atoms with E-state index in [0.29, 0.717) is 6.04 Å². The van der Waals surface area contributed by atoms with Crippen LogP contribution in [-0.4, -0.2) is 24.1 Å². The fourth-order valence-corrected chi connectivity index (χ4v) is 3.23. The maximum atomic E-state index is 5.44. The van der Waals surface area contributed by atoms with Crippen LogP contribution in [0.5, 0.6) is 0 Å². The second-order valence-corrected chi connectivity index (χ2v) is 5.76. The van der Waals surface area contributed by atoms with Crippen molar-refractivity contribution in [2.24, 2.45) is 0 Å². The molecule has 1 fully saturated rings. The zero-order valence-electron chi connectivity index (χ0n) is 8.67. The molecule has 1 aromatic heterocycles. The average Bonchev–Trinajstić information content (AvgIpc) is 2.66. The van der Waals surface area contributed by atoms with Gasteiger partial charge in [0.15, 0.2) is 4.67 Å². The van der Waals surface area contributed by atoms with Crippen molar-refractivity contribution in [3.63, 3.8) is 0 Å². The molecule has 0 saturated carbocycles. The zero-order chi connectivity index (χ0) is 10.5. The van der Waals surface area contributed by atoms with Crippen LogP contribution in [0.4, 0.5) is 0 Å². The molecule has 0 aliphatic carbocycles. The summed E-state index contributed by atoms with van der Waals surface area (Å²) in [6.45, 7) is 1.02. The first kappa shape index (κ1) is 11.6. The average molecular weight is 290 g/mol. The molecule has 0 amide bonds. The van der Waals surface area contributed by atoms with E-state index in [-0.39, 0.29) is 0 Å². The highest BCUT2D eigenvalue weighted by Gasteiger charge is 2.12. The van der Waals surface area contributed by atoms with Crippen LogP contribution >= 0.6 is 27.7 Å². The molecule has 1 N–H and O–H groups in total. The highest BCUT2D eigenvalue weighted by Crippen LogP contribution is 2.17. The first-order valence-corrected chi connectivity index (χ1v) is 7.35. The predicted octanol–water partition coefficient (Wildman–Crippen LogP) is 3.07. The summed E-state index contributed by atoms with van der Waals surface area (Å²) in [5.74, 6) is 3.66. The molecular weight excluding hydrogens is 274 g/mol. The fourth-order valence-electron chi connectivity index (χ4n) is 1.79. The monoisotopic (exact) mass is 289 g/mol. The van der Waals surface area contributed by atoms with Gasteiger partial charge in [-0.3, -0.25) is 0 Å². The minimum absolute atomic E-state index is 0.710. The Morgan fingerprint density at radius 2 is 2.47 bits per heavy atom. The van der Waals surface area contributed by atoms with Gasteiger partial charge >= 0.3 is 0 Å². The SMILES string of the molecule is Brc1ccc(CCNC2CCCSC2)o1. The van der Waals surface area contributed by atoms with Gasteiger partial charge in [0.25, 0.3) is 0 Å². The highest BCUT2D eigenvalue weighted by atomic mass is 79.9. The van der Waals surface area contributed by atoms with E-state index in [1.807, 2.05) is 12.1 Å². The van der Waals surface area contributed by atoms with Gasteiger partial charge in [0.2, 0.25) is 0 Å². The molecule has 1 aliphatic heterocycles. The summed E-state index contributed by atoms with van der Waals surface area (Å²) in [5.41, 5.74) is 0. The summed E-state index contributed by atoms with van der Waals surface area (Å²) in [7, 11) is 0. The maximum absolute atomic E-state index is 5.44. The molecule has 1 unspecified atom stereocenters. The molecule has 1 aromatic rings. The Morgan fingerprint density at radius 3 is 3.13 bits per heavy atom. The Labute approximate surface area is 103 Å². The van der Waals surface area contributed by atoms with Crippen LogP contribution in [0.1, 0.15) is 18.6 Å². The number of nitrogens with one attached hydrogen (secondary N) is 1. The Morgan fingerprint density at radius 1 is 1.53 bits per heavy atom. The second kappa shape index (κ2) is 5.97. The van der Waals surface area contributed by atoms with E-state index in [2.05, 4.69) is 33.0 Å². The molecule has 1 saturated heterocycles. The van der Waals surface area contributed by atoms with Crippen molar-refractivity contribution in [3.8, 4) is 0 Å². The largest absolute Gasteiger partial charge is 0.454 e. The Kier molecular flexibility index (Phi) is 4.60. The van der Waals surface area contributed by atoms with Gasteiger partial charge in [-0.1, -0.05) is 0 Å². The molecule has 1 aliphatic rings. The van der Waals surface area contributed by atoms with Crippen molar-refractivity contribution in [1.29, 1.82) is 0 Å². The second-order valence-electron chi connectivity index (χ2n) is 3.82. The number of halogens is 1. The lowest BCUT2D eigenvalue weighted by atomic mass is 10.2. The molecule has 0 aromatic carbocycles. The van der Waals surface area contributed by atoms with Crippen LogP contribution in [0.3, 0.4) is 0 Å². The van der Waals surface area contributed by atoms with E-state index in [1.165, 1.54) is 24.3 Å². The van der Waals surface area contributed by atoms with Crippen LogP contribution in [0, 0.1) is 0 Å². The summed E-state index contributed by atoms with van der Waals surface area (Å²) >= 11 is 5.37. The normalized spacial score (nSPS) is 21.8. The van der Waals surface area contributed by atoms with E-state index in [1.54, 1.807) is 0 Å². The molecule has 0 spiro atoms. The molecule has 15 heavy (non-hydrogen) atoms. The molecule has 84 valence electrons. The quantitative estimate of drug-likeness (QED) is 0.922. The fraction of sp³-hybridized carbons (Fsp3) is 0.636. The molecule has 2 nitrogen and oxygen atoms in total. The minimum atomic E-state index is 0.710. The number of rotatable bonds is 4. The Bertz CT molecular complexity index is 297. The van der Waals surface area contributed by atoms with Crippen LogP contribution in [-0.2, 0) is 6.42 Å². The van der Waals surface area contributed by atoms with E-state index in [9.17, 15) is 0 Å². The summed E-state index contributed by atoms with van der Waals surface area (Å²) < 4.78 is 6.27. The Balaban J connectivity index is 1.65. The minimum Gasteiger partial charge on any atom is -0.454 e. The number of furan rings is 1. The molecule has 0 bridgehead atoms.